The lowest BCUT2D eigenvalue weighted by atomic mass is 9.77. The fourth-order valence-corrected chi connectivity index (χ4v) is 5.55. The third kappa shape index (κ3) is 4.22. The minimum Gasteiger partial charge on any atom is -0.133 e. The van der Waals surface area contributed by atoms with Crippen molar-refractivity contribution < 1.29 is 0 Å². The van der Waals surface area contributed by atoms with E-state index >= 15 is 0 Å². The number of aryl methyl sites for hydroxylation is 1. The molecule has 0 saturated heterocycles. The molecule has 0 nitrogen and oxygen atoms in total. The molecule has 19 heavy (non-hydrogen) atoms. The van der Waals surface area contributed by atoms with Gasteiger partial charge in [0, 0.05) is 4.88 Å². The van der Waals surface area contributed by atoms with Gasteiger partial charge < -0.3 is 0 Å². The second kappa shape index (κ2) is 7.47. The van der Waals surface area contributed by atoms with Crippen molar-refractivity contribution in [1.29, 1.82) is 0 Å². The van der Waals surface area contributed by atoms with Crippen molar-refractivity contribution >= 4 is 38.9 Å². The zero-order valence-electron chi connectivity index (χ0n) is 11.9. The van der Waals surface area contributed by atoms with Crippen molar-refractivity contribution in [2.75, 3.05) is 0 Å². The van der Waals surface area contributed by atoms with Crippen LogP contribution in [0.4, 0.5) is 0 Å². The molecule has 0 spiro atoms. The van der Waals surface area contributed by atoms with Gasteiger partial charge in [0.05, 0.1) is 9.16 Å². The first-order valence-corrected chi connectivity index (χ1v) is 9.56. The number of halogens is 2. The van der Waals surface area contributed by atoms with E-state index in [1.807, 2.05) is 0 Å². The number of rotatable bonds is 5. The first kappa shape index (κ1) is 15.9. The Bertz CT molecular complexity index is 393. The van der Waals surface area contributed by atoms with E-state index in [1.54, 1.807) is 11.3 Å². The van der Waals surface area contributed by atoms with E-state index in [0.29, 0.717) is 5.92 Å². The number of unbranched alkanes of at least 4 members (excludes halogenated alkanes) is 1. The maximum atomic E-state index is 6.74. The summed E-state index contributed by atoms with van der Waals surface area (Å²) in [6, 6.07) is 2.22. The number of hydrogen-bond donors (Lipinski definition) is 0. The molecule has 1 heterocycles. The van der Waals surface area contributed by atoms with Gasteiger partial charge in [-0.1, -0.05) is 39.0 Å². The SMILES string of the molecule is CCCCC1CCC(C(Cl)c2cc(Br)sc2C)CC1. The molecule has 0 N–H and O–H groups in total. The van der Waals surface area contributed by atoms with Crippen molar-refractivity contribution in [3.05, 3.63) is 20.3 Å². The lowest BCUT2D eigenvalue weighted by Gasteiger charge is -2.31. The van der Waals surface area contributed by atoms with Crippen molar-refractivity contribution in [2.45, 2.75) is 64.2 Å². The topological polar surface area (TPSA) is 0 Å². The van der Waals surface area contributed by atoms with E-state index in [0.717, 1.165) is 5.92 Å². The van der Waals surface area contributed by atoms with Gasteiger partial charge >= 0.3 is 0 Å². The summed E-state index contributed by atoms with van der Waals surface area (Å²) in [5.41, 5.74) is 1.36. The number of hydrogen-bond acceptors (Lipinski definition) is 1. The summed E-state index contributed by atoms with van der Waals surface area (Å²) in [6.07, 6.45) is 9.57. The summed E-state index contributed by atoms with van der Waals surface area (Å²) in [5, 5.41) is 0.217. The highest BCUT2D eigenvalue weighted by Gasteiger charge is 2.28. The van der Waals surface area contributed by atoms with Crippen LogP contribution in [-0.2, 0) is 0 Å². The van der Waals surface area contributed by atoms with Crippen LogP contribution in [0, 0.1) is 18.8 Å². The van der Waals surface area contributed by atoms with Crippen LogP contribution >= 0.6 is 38.9 Å². The van der Waals surface area contributed by atoms with Gasteiger partial charge in [-0.3, -0.25) is 0 Å². The van der Waals surface area contributed by atoms with Gasteiger partial charge in [-0.2, -0.15) is 0 Å². The zero-order valence-corrected chi connectivity index (χ0v) is 15.1. The lowest BCUT2D eigenvalue weighted by molar-refractivity contribution is 0.254. The first-order valence-electron chi connectivity index (χ1n) is 7.51. The molecule has 0 aromatic carbocycles. The van der Waals surface area contributed by atoms with E-state index in [2.05, 4.69) is 35.8 Å². The van der Waals surface area contributed by atoms with Crippen LogP contribution in [0.25, 0.3) is 0 Å². The molecule has 1 saturated carbocycles. The summed E-state index contributed by atoms with van der Waals surface area (Å²) < 4.78 is 1.21. The minimum atomic E-state index is 0.217. The molecule has 108 valence electrons. The van der Waals surface area contributed by atoms with E-state index in [4.69, 9.17) is 11.6 Å². The van der Waals surface area contributed by atoms with Crippen LogP contribution < -0.4 is 0 Å². The Labute approximate surface area is 135 Å². The molecule has 1 unspecified atom stereocenters. The highest BCUT2D eigenvalue weighted by molar-refractivity contribution is 9.11. The zero-order chi connectivity index (χ0) is 13.8. The average Bonchev–Trinajstić information content (AvgIpc) is 2.75. The van der Waals surface area contributed by atoms with Crippen molar-refractivity contribution in [3.8, 4) is 0 Å². The minimum absolute atomic E-state index is 0.217. The van der Waals surface area contributed by atoms with Gasteiger partial charge in [-0.15, -0.1) is 22.9 Å². The molecule has 1 aliphatic carbocycles. The van der Waals surface area contributed by atoms with E-state index in [-0.39, 0.29) is 5.38 Å². The third-order valence-electron chi connectivity index (χ3n) is 4.49. The highest BCUT2D eigenvalue weighted by atomic mass is 79.9. The van der Waals surface area contributed by atoms with Crippen LogP contribution in [0.15, 0.2) is 9.85 Å². The van der Waals surface area contributed by atoms with E-state index in [9.17, 15) is 0 Å². The van der Waals surface area contributed by atoms with Gasteiger partial charge in [0.25, 0.3) is 0 Å². The Morgan fingerprint density at radius 3 is 2.58 bits per heavy atom. The third-order valence-corrected chi connectivity index (χ3v) is 6.66. The Kier molecular flexibility index (Phi) is 6.23. The maximum Gasteiger partial charge on any atom is 0.0704 e. The van der Waals surface area contributed by atoms with Crippen LogP contribution in [0.2, 0.25) is 0 Å². The Balaban J connectivity index is 1.89. The quantitative estimate of drug-likeness (QED) is 0.489. The molecular weight excluding hydrogens is 340 g/mol. The summed E-state index contributed by atoms with van der Waals surface area (Å²) in [7, 11) is 0. The van der Waals surface area contributed by atoms with Gasteiger partial charge in [-0.25, -0.2) is 0 Å². The number of thiophene rings is 1. The smallest absolute Gasteiger partial charge is 0.0704 e. The van der Waals surface area contributed by atoms with E-state index < -0.39 is 0 Å². The summed E-state index contributed by atoms with van der Waals surface area (Å²) in [5.74, 6) is 1.65. The largest absolute Gasteiger partial charge is 0.133 e. The van der Waals surface area contributed by atoms with Crippen LogP contribution in [0.3, 0.4) is 0 Å². The standard InChI is InChI=1S/C16H24BrClS/c1-3-4-5-12-6-8-13(9-7-12)16(18)14-10-15(17)19-11(14)2/h10,12-13,16H,3-9H2,1-2H3. The summed E-state index contributed by atoms with van der Waals surface area (Å²) >= 11 is 12.1. The first-order chi connectivity index (χ1) is 9.11. The van der Waals surface area contributed by atoms with Gasteiger partial charge in [0.2, 0.25) is 0 Å². The molecule has 0 bridgehead atoms. The summed E-state index contributed by atoms with van der Waals surface area (Å²) in [6.45, 7) is 4.48. The average molecular weight is 364 g/mol. The molecule has 1 atom stereocenters. The van der Waals surface area contributed by atoms with E-state index in [1.165, 1.54) is 59.2 Å². The predicted molar refractivity (Wildman–Crippen MR) is 90.3 cm³/mol. The second-order valence-corrected chi connectivity index (χ2v) is 8.99. The molecule has 1 aliphatic rings. The Morgan fingerprint density at radius 2 is 2.05 bits per heavy atom. The Morgan fingerprint density at radius 1 is 1.37 bits per heavy atom. The fraction of sp³-hybridized carbons (Fsp3) is 0.750. The van der Waals surface area contributed by atoms with Crippen LogP contribution in [0.5, 0.6) is 0 Å². The normalized spacial score (nSPS) is 25.5. The van der Waals surface area contributed by atoms with Gasteiger partial charge in [-0.05, 0) is 59.2 Å². The summed E-state index contributed by atoms with van der Waals surface area (Å²) in [4.78, 5) is 1.37. The molecular formula is C16H24BrClS. The highest BCUT2D eigenvalue weighted by Crippen LogP contribution is 2.44. The lowest BCUT2D eigenvalue weighted by Crippen LogP contribution is -2.18. The van der Waals surface area contributed by atoms with Crippen LogP contribution in [-0.4, -0.2) is 0 Å². The maximum absolute atomic E-state index is 6.74. The van der Waals surface area contributed by atoms with Crippen molar-refractivity contribution in [2.24, 2.45) is 11.8 Å². The van der Waals surface area contributed by atoms with Crippen molar-refractivity contribution in [3.63, 3.8) is 0 Å². The second-order valence-electron chi connectivity index (χ2n) is 5.89. The molecule has 0 amide bonds. The molecule has 1 fully saturated rings. The monoisotopic (exact) mass is 362 g/mol. The molecule has 1 aromatic rings. The number of alkyl halides is 1. The van der Waals surface area contributed by atoms with Crippen LogP contribution in [0.1, 0.15) is 67.7 Å². The van der Waals surface area contributed by atoms with Gasteiger partial charge in [0.1, 0.15) is 0 Å². The fourth-order valence-electron chi connectivity index (χ4n) is 3.25. The molecule has 1 aromatic heterocycles. The molecule has 2 rings (SSSR count). The van der Waals surface area contributed by atoms with Gasteiger partial charge in [0.15, 0.2) is 0 Å². The predicted octanol–water partition coefficient (Wildman–Crippen LogP) is 7.10. The van der Waals surface area contributed by atoms with Crippen molar-refractivity contribution in [1.82, 2.24) is 0 Å². The molecule has 0 radical (unpaired) electrons. The Hall–Kier alpha value is 0.470. The molecule has 0 aliphatic heterocycles. The molecule has 3 heteroatoms.